The van der Waals surface area contributed by atoms with E-state index in [1.807, 2.05) is 0 Å². The third-order valence-electron chi connectivity index (χ3n) is 8.21. The van der Waals surface area contributed by atoms with Crippen LogP contribution < -0.4 is 22.3 Å². The van der Waals surface area contributed by atoms with Gasteiger partial charge in [-0.3, -0.25) is 9.59 Å². The Bertz CT molecular complexity index is 2520. The van der Waals surface area contributed by atoms with Crippen LogP contribution in [0.4, 0.5) is 0 Å². The van der Waals surface area contributed by atoms with Gasteiger partial charge in [-0.15, -0.1) is 0 Å². The summed E-state index contributed by atoms with van der Waals surface area (Å²) in [5.74, 6) is -1.38. The fourth-order valence-corrected chi connectivity index (χ4v) is 6.07. The zero-order valence-corrected chi connectivity index (χ0v) is 32.4. The second-order valence-corrected chi connectivity index (χ2v) is 11.3. The summed E-state index contributed by atoms with van der Waals surface area (Å²) in [6.45, 7) is 0. The molecule has 4 aromatic rings. The van der Waals surface area contributed by atoms with Crippen molar-refractivity contribution in [2.75, 3.05) is 14.1 Å². The van der Waals surface area contributed by atoms with E-state index in [0.717, 1.165) is 0 Å². The van der Waals surface area contributed by atoms with Gasteiger partial charge >= 0.3 is 11.9 Å². The second-order valence-electron chi connectivity index (χ2n) is 11.3. The molecule has 0 amide bonds. The third kappa shape index (κ3) is 8.64. The number of aromatic hydroxyl groups is 2. The maximum absolute atomic E-state index is 11.7. The van der Waals surface area contributed by atoms with E-state index in [2.05, 4.69) is 11.5 Å². The van der Waals surface area contributed by atoms with Crippen LogP contribution in [0.1, 0.15) is 20.7 Å². The molecule has 2 heterocycles. The van der Waals surface area contributed by atoms with Gasteiger partial charge in [0.15, 0.2) is 10.9 Å². The molecule has 0 aromatic heterocycles. The van der Waals surface area contributed by atoms with Crippen molar-refractivity contribution in [2.24, 2.45) is 11.5 Å². The predicted molar refractivity (Wildman–Crippen MR) is 207 cm³/mol. The van der Waals surface area contributed by atoms with Gasteiger partial charge in [0, 0.05) is 90.0 Å². The monoisotopic (exact) mass is 815 g/mol. The number of hydrogen-bond donors (Lipinski definition) is 6. The molecule has 2 aliphatic heterocycles. The molecule has 1 radical (unpaired) electrons. The Morgan fingerprint density at radius 2 is 0.855 bits per heavy atom. The minimum absolute atomic E-state index is 0. The molecule has 0 saturated carbocycles. The average molecular weight is 816 g/mol. The summed E-state index contributed by atoms with van der Waals surface area (Å²) in [6.07, 6.45) is 0. The zero-order chi connectivity index (χ0) is 39.1. The minimum atomic E-state index is -1.04. The summed E-state index contributed by atoms with van der Waals surface area (Å²) < 4.78 is 11.5. The van der Waals surface area contributed by atoms with Gasteiger partial charge in [-0.1, -0.05) is 36.4 Å². The van der Waals surface area contributed by atoms with Gasteiger partial charge < -0.3 is 40.7 Å². The fraction of sp³-hybridized carbons (Fsp3) is 0.0476. The van der Waals surface area contributed by atoms with E-state index in [4.69, 9.17) is 8.83 Å². The first-order valence-electron chi connectivity index (χ1n) is 16.3. The number of nitrogens with two attached hydrogens (primary N) is 2. The van der Waals surface area contributed by atoms with Gasteiger partial charge in [-0.25, -0.2) is 9.59 Å². The van der Waals surface area contributed by atoms with Crippen molar-refractivity contribution in [3.63, 3.8) is 0 Å². The molecule has 0 unspecified atom stereocenters. The first-order valence-corrected chi connectivity index (χ1v) is 16.3. The number of carbonyl (C=O) groups is 2. The molecule has 4 aromatic carbocycles. The van der Waals surface area contributed by atoms with E-state index in [1.165, 1.54) is 74.8 Å². The number of rotatable bonds is 4. The van der Waals surface area contributed by atoms with Crippen molar-refractivity contribution < 1.29 is 71.6 Å². The van der Waals surface area contributed by atoms with Gasteiger partial charge in [0.1, 0.15) is 34.2 Å². The molecule has 55 heavy (non-hydrogen) atoms. The number of fused-ring (bicyclic) bond motifs is 4. The first-order chi connectivity index (χ1) is 26.1. The number of benzene rings is 6. The number of phenols is 2. The van der Waals surface area contributed by atoms with E-state index in [0.29, 0.717) is 66.8 Å². The first kappa shape index (κ1) is 41.6. The molecular weight excluding hydrogens is 781 g/mol. The Morgan fingerprint density at radius 3 is 1.22 bits per heavy atom. The number of carboxylic acids is 2. The fourth-order valence-electron chi connectivity index (χ4n) is 6.07. The Kier molecular flexibility index (Phi) is 13.8. The van der Waals surface area contributed by atoms with E-state index < -0.39 is 11.9 Å². The smallest absolute Gasteiger partial charge is 0.336 e. The normalized spacial score (nSPS) is 10.3. The maximum Gasteiger partial charge on any atom is 0.336 e. The van der Waals surface area contributed by atoms with Crippen molar-refractivity contribution in [2.45, 2.75) is 0 Å². The average Bonchev–Trinajstić information content (AvgIpc) is 3.17. The molecule has 13 heteroatoms. The van der Waals surface area contributed by atoms with Crippen LogP contribution in [0.25, 0.3) is 66.8 Å². The molecular formula is C42H34N2O10Y. The Morgan fingerprint density at radius 1 is 0.491 bits per heavy atom. The molecule has 0 fully saturated rings. The molecule has 8 rings (SSSR count). The summed E-state index contributed by atoms with van der Waals surface area (Å²) >= 11 is 0. The van der Waals surface area contributed by atoms with Crippen LogP contribution in [-0.4, -0.2) is 46.5 Å². The van der Waals surface area contributed by atoms with Gasteiger partial charge in [0.05, 0.1) is 11.1 Å². The molecule has 12 nitrogen and oxygen atoms in total. The number of hydrogen-bond acceptors (Lipinski definition) is 10. The number of carboxylic acid groups (broad SMARTS) is 2. The summed E-state index contributed by atoms with van der Waals surface area (Å²) in [5.41, 5.74) is 13.2. The zero-order valence-electron chi connectivity index (χ0n) is 29.5. The third-order valence-corrected chi connectivity index (χ3v) is 8.21. The molecule has 275 valence electrons. The van der Waals surface area contributed by atoms with Crippen molar-refractivity contribution in [3.8, 4) is 56.4 Å². The SMILES string of the molecule is CN.CN.O=C(O)c1ccccc1-c1c2ccc(=O)cc-2oc2cc(O)ccc12.O=C(O)c1ccccc1-c1c2ccc(=O)cc-2oc2cc(O)ccc12.[Y]. The van der Waals surface area contributed by atoms with E-state index >= 15 is 0 Å². The van der Waals surface area contributed by atoms with Gasteiger partial charge in [-0.05, 0) is 85.9 Å². The maximum atomic E-state index is 11.7. The van der Waals surface area contributed by atoms with Crippen LogP contribution in [0.3, 0.4) is 0 Å². The molecule has 4 aliphatic rings. The van der Waals surface area contributed by atoms with Crippen LogP contribution in [0.15, 0.2) is 140 Å². The summed E-state index contributed by atoms with van der Waals surface area (Å²) in [4.78, 5) is 46.7. The second kappa shape index (κ2) is 18.2. The van der Waals surface area contributed by atoms with Gasteiger partial charge in [0.2, 0.25) is 0 Å². The number of phenolic OH excluding ortho intramolecular Hbond substituents is 2. The largest absolute Gasteiger partial charge is 0.508 e. The predicted octanol–water partition coefficient (Wildman–Crippen LogP) is 7.08. The molecule has 0 bridgehead atoms. The van der Waals surface area contributed by atoms with E-state index in [1.54, 1.807) is 60.7 Å². The Balaban J connectivity index is 0.000000221. The molecule has 2 aliphatic carbocycles. The Labute approximate surface area is 338 Å². The van der Waals surface area contributed by atoms with Crippen molar-refractivity contribution in [1.82, 2.24) is 0 Å². The minimum Gasteiger partial charge on any atom is -0.508 e. The van der Waals surface area contributed by atoms with Gasteiger partial charge in [0.25, 0.3) is 0 Å². The standard InChI is InChI=1S/2C20H12O5.2CH5N.Y/c2*21-11-5-7-15-17(9-11)25-18-10-12(22)6-8-16(18)19(15)13-3-1-2-4-14(13)20(23)24;2*1-2;/h2*1-10,21H,(H,23,24);2*2H2,1H3;. The van der Waals surface area contributed by atoms with E-state index in [-0.39, 0.29) is 66.2 Å². The van der Waals surface area contributed by atoms with Gasteiger partial charge in [-0.2, -0.15) is 0 Å². The van der Waals surface area contributed by atoms with Crippen LogP contribution in [0.5, 0.6) is 11.5 Å². The van der Waals surface area contributed by atoms with Crippen LogP contribution in [-0.2, 0) is 32.7 Å². The topological polar surface area (TPSA) is 228 Å². The molecule has 0 saturated heterocycles. The summed E-state index contributed by atoms with van der Waals surface area (Å²) in [7, 11) is 3.00. The van der Waals surface area contributed by atoms with Crippen LogP contribution >= 0.6 is 0 Å². The number of aromatic carboxylic acids is 2. The van der Waals surface area contributed by atoms with Crippen LogP contribution in [0, 0.1) is 0 Å². The van der Waals surface area contributed by atoms with Crippen molar-refractivity contribution >= 4 is 33.9 Å². The molecule has 8 N–H and O–H groups in total. The summed E-state index contributed by atoms with van der Waals surface area (Å²) in [6, 6.07) is 31.4. The quantitative estimate of drug-likeness (QED) is 0.0980. The molecule has 0 atom stereocenters. The summed E-state index contributed by atoms with van der Waals surface area (Å²) in [5, 5.41) is 39.9. The van der Waals surface area contributed by atoms with E-state index in [9.17, 15) is 39.6 Å². The van der Waals surface area contributed by atoms with Crippen LogP contribution in [0.2, 0.25) is 0 Å². The van der Waals surface area contributed by atoms with Crippen molar-refractivity contribution in [3.05, 3.63) is 153 Å². The Hall–Kier alpha value is -6.18. The molecule has 0 spiro atoms. The van der Waals surface area contributed by atoms with Crippen molar-refractivity contribution in [1.29, 1.82) is 0 Å².